The van der Waals surface area contributed by atoms with Crippen LogP contribution in [0.3, 0.4) is 0 Å². The van der Waals surface area contributed by atoms with E-state index >= 15 is 0 Å². The molecule has 0 atom stereocenters. The SMILES string of the molecule is CSCCCCNC(=O)CCOc1ccccc1N. The molecule has 5 heteroatoms. The zero-order valence-corrected chi connectivity index (χ0v) is 12.2. The summed E-state index contributed by atoms with van der Waals surface area (Å²) in [5.41, 5.74) is 6.33. The van der Waals surface area contributed by atoms with E-state index in [2.05, 4.69) is 11.6 Å². The molecule has 0 aromatic heterocycles. The lowest BCUT2D eigenvalue weighted by atomic mass is 10.3. The first-order chi connectivity index (χ1) is 9.24. The van der Waals surface area contributed by atoms with Crippen molar-refractivity contribution in [1.29, 1.82) is 0 Å². The zero-order chi connectivity index (χ0) is 13.9. The number of carbonyl (C=O) groups is 1. The highest BCUT2D eigenvalue weighted by Crippen LogP contribution is 2.19. The third kappa shape index (κ3) is 6.96. The summed E-state index contributed by atoms with van der Waals surface area (Å²) in [5, 5.41) is 2.88. The summed E-state index contributed by atoms with van der Waals surface area (Å²) in [4.78, 5) is 11.5. The van der Waals surface area contributed by atoms with Gasteiger partial charge < -0.3 is 15.8 Å². The standard InChI is InChI=1S/C14H22N2O2S/c1-19-11-5-4-9-16-14(17)8-10-18-13-7-3-2-6-12(13)15/h2-3,6-7H,4-5,8-11,15H2,1H3,(H,16,17). The van der Waals surface area contributed by atoms with Crippen LogP contribution in [0.4, 0.5) is 5.69 Å². The van der Waals surface area contributed by atoms with Crippen molar-refractivity contribution in [2.45, 2.75) is 19.3 Å². The van der Waals surface area contributed by atoms with E-state index in [1.807, 2.05) is 23.9 Å². The van der Waals surface area contributed by atoms with Crippen molar-refractivity contribution < 1.29 is 9.53 Å². The lowest BCUT2D eigenvalue weighted by Gasteiger charge is -2.08. The van der Waals surface area contributed by atoms with Gasteiger partial charge in [0.25, 0.3) is 0 Å². The molecule has 0 heterocycles. The van der Waals surface area contributed by atoms with Gasteiger partial charge in [0.1, 0.15) is 5.75 Å². The average Bonchev–Trinajstić information content (AvgIpc) is 2.41. The van der Waals surface area contributed by atoms with E-state index in [1.54, 1.807) is 12.1 Å². The predicted molar refractivity (Wildman–Crippen MR) is 81.6 cm³/mol. The van der Waals surface area contributed by atoms with Gasteiger partial charge in [-0.25, -0.2) is 0 Å². The molecule has 0 saturated heterocycles. The second kappa shape index (κ2) is 9.55. The number of nitrogens with two attached hydrogens (primary N) is 1. The molecule has 0 bridgehead atoms. The highest BCUT2D eigenvalue weighted by atomic mass is 32.2. The van der Waals surface area contributed by atoms with Gasteiger partial charge in [0.05, 0.1) is 18.7 Å². The van der Waals surface area contributed by atoms with E-state index < -0.39 is 0 Å². The maximum absolute atomic E-state index is 11.5. The third-order valence-electron chi connectivity index (χ3n) is 2.60. The number of para-hydroxylation sites is 2. The highest BCUT2D eigenvalue weighted by molar-refractivity contribution is 7.98. The van der Waals surface area contributed by atoms with Gasteiger partial charge in [-0.05, 0) is 37.0 Å². The van der Waals surface area contributed by atoms with Crippen LogP contribution in [0.25, 0.3) is 0 Å². The molecule has 106 valence electrons. The van der Waals surface area contributed by atoms with E-state index in [1.165, 1.54) is 0 Å². The van der Waals surface area contributed by atoms with Gasteiger partial charge >= 0.3 is 0 Å². The largest absolute Gasteiger partial charge is 0.491 e. The lowest BCUT2D eigenvalue weighted by Crippen LogP contribution is -2.26. The molecular weight excluding hydrogens is 260 g/mol. The molecule has 0 spiro atoms. The molecule has 0 radical (unpaired) electrons. The second-order valence-corrected chi connectivity index (χ2v) is 5.17. The summed E-state index contributed by atoms with van der Waals surface area (Å²) in [6.45, 7) is 1.09. The molecule has 19 heavy (non-hydrogen) atoms. The molecule has 0 fully saturated rings. The number of nitrogen functional groups attached to an aromatic ring is 1. The normalized spacial score (nSPS) is 10.2. The Morgan fingerprint density at radius 1 is 1.37 bits per heavy atom. The van der Waals surface area contributed by atoms with Crippen LogP contribution in [0.5, 0.6) is 5.75 Å². The summed E-state index contributed by atoms with van der Waals surface area (Å²) in [7, 11) is 0. The van der Waals surface area contributed by atoms with E-state index in [4.69, 9.17) is 10.5 Å². The Morgan fingerprint density at radius 3 is 2.89 bits per heavy atom. The van der Waals surface area contributed by atoms with Crippen LogP contribution in [0.15, 0.2) is 24.3 Å². The van der Waals surface area contributed by atoms with Crippen molar-refractivity contribution >= 4 is 23.4 Å². The second-order valence-electron chi connectivity index (χ2n) is 4.19. The number of amides is 1. The van der Waals surface area contributed by atoms with Crippen molar-refractivity contribution in [3.63, 3.8) is 0 Å². The maximum Gasteiger partial charge on any atom is 0.223 e. The van der Waals surface area contributed by atoms with Gasteiger partial charge in [-0.2, -0.15) is 11.8 Å². The molecule has 1 aromatic rings. The number of benzene rings is 1. The first-order valence-corrected chi connectivity index (χ1v) is 7.86. The molecular formula is C14H22N2O2S. The molecule has 1 amide bonds. The van der Waals surface area contributed by atoms with Crippen LogP contribution in [0.2, 0.25) is 0 Å². The van der Waals surface area contributed by atoms with Gasteiger partial charge in [-0.15, -0.1) is 0 Å². The predicted octanol–water partition coefficient (Wildman–Crippen LogP) is 2.30. The number of nitrogens with one attached hydrogen (secondary N) is 1. The number of hydrogen-bond donors (Lipinski definition) is 2. The molecule has 0 unspecified atom stereocenters. The summed E-state index contributed by atoms with van der Waals surface area (Å²) >= 11 is 1.83. The van der Waals surface area contributed by atoms with Gasteiger partial charge in [0.15, 0.2) is 0 Å². The van der Waals surface area contributed by atoms with Crippen molar-refractivity contribution in [3.05, 3.63) is 24.3 Å². The molecule has 0 aliphatic heterocycles. The fraction of sp³-hybridized carbons (Fsp3) is 0.500. The van der Waals surface area contributed by atoms with E-state index in [-0.39, 0.29) is 5.91 Å². The fourth-order valence-electron chi connectivity index (χ4n) is 1.55. The average molecular weight is 282 g/mol. The molecule has 0 aliphatic carbocycles. The number of ether oxygens (including phenoxy) is 1. The highest BCUT2D eigenvalue weighted by Gasteiger charge is 2.03. The molecule has 0 saturated carbocycles. The Hall–Kier alpha value is -1.36. The van der Waals surface area contributed by atoms with Crippen LogP contribution >= 0.6 is 11.8 Å². The first-order valence-electron chi connectivity index (χ1n) is 6.47. The molecule has 0 aliphatic rings. The summed E-state index contributed by atoms with van der Waals surface area (Å²) in [5.74, 6) is 1.81. The van der Waals surface area contributed by atoms with Crippen LogP contribution in [0.1, 0.15) is 19.3 Å². The van der Waals surface area contributed by atoms with Crippen molar-refractivity contribution in [2.75, 3.05) is 30.9 Å². The molecule has 1 rings (SSSR count). The number of unbranched alkanes of at least 4 members (excludes halogenated alkanes) is 1. The quantitative estimate of drug-likeness (QED) is 0.539. The number of rotatable bonds is 9. The zero-order valence-electron chi connectivity index (χ0n) is 11.4. The topological polar surface area (TPSA) is 64.3 Å². The van der Waals surface area contributed by atoms with Crippen molar-refractivity contribution in [1.82, 2.24) is 5.32 Å². The lowest BCUT2D eigenvalue weighted by molar-refractivity contribution is -0.121. The van der Waals surface area contributed by atoms with E-state index in [0.29, 0.717) is 24.5 Å². The molecule has 4 nitrogen and oxygen atoms in total. The fourth-order valence-corrected chi connectivity index (χ4v) is 2.05. The Kier molecular flexibility index (Phi) is 7.89. The van der Waals surface area contributed by atoms with Gasteiger partial charge in [0.2, 0.25) is 5.91 Å². The summed E-state index contributed by atoms with van der Waals surface area (Å²) < 4.78 is 5.46. The van der Waals surface area contributed by atoms with Gasteiger partial charge in [-0.1, -0.05) is 12.1 Å². The Morgan fingerprint density at radius 2 is 2.16 bits per heavy atom. The van der Waals surface area contributed by atoms with E-state index in [0.717, 1.165) is 25.1 Å². The molecule has 3 N–H and O–H groups in total. The Bertz CT molecular complexity index is 385. The maximum atomic E-state index is 11.5. The third-order valence-corrected chi connectivity index (χ3v) is 3.30. The van der Waals surface area contributed by atoms with Crippen LogP contribution in [-0.4, -0.2) is 31.1 Å². The van der Waals surface area contributed by atoms with E-state index in [9.17, 15) is 4.79 Å². The Balaban J connectivity index is 2.09. The van der Waals surface area contributed by atoms with Gasteiger partial charge in [-0.3, -0.25) is 4.79 Å². The van der Waals surface area contributed by atoms with Crippen LogP contribution in [0, 0.1) is 0 Å². The minimum atomic E-state index is 0.0265. The number of thioether (sulfide) groups is 1. The summed E-state index contributed by atoms with van der Waals surface area (Å²) in [6.07, 6.45) is 4.61. The minimum Gasteiger partial charge on any atom is -0.491 e. The monoisotopic (exact) mass is 282 g/mol. The minimum absolute atomic E-state index is 0.0265. The summed E-state index contributed by atoms with van der Waals surface area (Å²) in [6, 6.07) is 7.29. The Labute approximate surface area is 119 Å². The van der Waals surface area contributed by atoms with Crippen LogP contribution in [-0.2, 0) is 4.79 Å². The van der Waals surface area contributed by atoms with Crippen molar-refractivity contribution in [3.8, 4) is 5.75 Å². The van der Waals surface area contributed by atoms with Crippen LogP contribution < -0.4 is 15.8 Å². The van der Waals surface area contributed by atoms with Gasteiger partial charge in [0, 0.05) is 6.54 Å². The number of anilines is 1. The molecule has 1 aromatic carbocycles. The smallest absolute Gasteiger partial charge is 0.223 e. The number of hydrogen-bond acceptors (Lipinski definition) is 4. The van der Waals surface area contributed by atoms with Crippen molar-refractivity contribution in [2.24, 2.45) is 0 Å². The first kappa shape index (κ1) is 15.7. The number of carbonyl (C=O) groups excluding carboxylic acids is 1.